The van der Waals surface area contributed by atoms with Crippen molar-refractivity contribution in [1.82, 2.24) is 0 Å². The van der Waals surface area contributed by atoms with E-state index in [4.69, 9.17) is 9.47 Å². The molecule has 0 aliphatic rings. The molecule has 0 atom stereocenters. The minimum atomic E-state index is -0.450. The molecule has 0 saturated heterocycles. The topological polar surface area (TPSA) is 55.8 Å². The van der Waals surface area contributed by atoms with Crippen LogP contribution in [-0.2, 0) is 4.74 Å². The zero-order chi connectivity index (χ0) is 13.8. The number of aromatic hydroxyl groups is 1. The Labute approximate surface area is 111 Å². The molecule has 2 aromatic carbocycles. The van der Waals surface area contributed by atoms with Crippen molar-refractivity contribution in [3.63, 3.8) is 0 Å². The quantitative estimate of drug-likeness (QED) is 0.858. The first-order valence-electron chi connectivity index (χ1n) is 5.76. The third-order valence-corrected chi connectivity index (χ3v) is 2.61. The number of methoxy groups -OCH3 is 1. The Hall–Kier alpha value is -2.49. The lowest BCUT2D eigenvalue weighted by molar-refractivity contribution is 0.0598. The highest BCUT2D eigenvalue weighted by Crippen LogP contribution is 2.28. The van der Waals surface area contributed by atoms with Crippen LogP contribution in [0.4, 0.5) is 0 Å². The zero-order valence-corrected chi connectivity index (χ0v) is 10.7. The number of ether oxygens (including phenoxy) is 2. The summed E-state index contributed by atoms with van der Waals surface area (Å²) in [5, 5.41) is 9.22. The predicted molar refractivity (Wildman–Crippen MR) is 70.7 cm³/mol. The summed E-state index contributed by atoms with van der Waals surface area (Å²) in [7, 11) is 1.33. The van der Waals surface area contributed by atoms with Crippen LogP contribution in [0, 0.1) is 6.92 Å². The van der Waals surface area contributed by atoms with Gasteiger partial charge < -0.3 is 14.6 Å². The molecule has 0 aliphatic carbocycles. The van der Waals surface area contributed by atoms with E-state index in [2.05, 4.69) is 0 Å². The lowest BCUT2D eigenvalue weighted by Gasteiger charge is -2.10. The van der Waals surface area contributed by atoms with Gasteiger partial charge in [-0.25, -0.2) is 4.79 Å². The lowest BCUT2D eigenvalue weighted by atomic mass is 10.1. The van der Waals surface area contributed by atoms with E-state index in [-0.39, 0.29) is 5.75 Å². The summed E-state index contributed by atoms with van der Waals surface area (Å²) in [6, 6.07) is 11.5. The molecule has 98 valence electrons. The van der Waals surface area contributed by atoms with E-state index in [1.807, 2.05) is 13.0 Å². The first-order chi connectivity index (χ1) is 9.10. The second-order valence-corrected chi connectivity index (χ2v) is 4.09. The number of esters is 1. The molecule has 0 aliphatic heterocycles. The first kappa shape index (κ1) is 13.0. The summed E-state index contributed by atoms with van der Waals surface area (Å²) in [5.41, 5.74) is 1.34. The minimum Gasteiger partial charge on any atom is -0.508 e. The van der Waals surface area contributed by atoms with Gasteiger partial charge in [-0.2, -0.15) is 0 Å². The van der Waals surface area contributed by atoms with Crippen molar-refractivity contribution in [2.45, 2.75) is 6.92 Å². The maximum atomic E-state index is 11.6. The number of carbonyl (C=O) groups is 1. The van der Waals surface area contributed by atoms with Crippen LogP contribution in [0.25, 0.3) is 0 Å². The average Bonchev–Trinajstić information content (AvgIpc) is 2.41. The Bertz CT molecular complexity index is 588. The molecule has 4 heteroatoms. The number of benzene rings is 2. The number of phenolic OH excluding ortho intramolecular Hbond substituents is 1. The molecule has 1 N–H and O–H groups in total. The molecule has 0 amide bonds. The van der Waals surface area contributed by atoms with Crippen molar-refractivity contribution in [2.75, 3.05) is 7.11 Å². The molecule has 0 saturated carbocycles. The van der Waals surface area contributed by atoms with Gasteiger partial charge in [0.2, 0.25) is 0 Å². The van der Waals surface area contributed by atoms with Gasteiger partial charge in [0, 0.05) is 0 Å². The summed E-state index contributed by atoms with van der Waals surface area (Å²) in [6.45, 7) is 1.91. The van der Waals surface area contributed by atoms with Crippen molar-refractivity contribution in [3.8, 4) is 17.2 Å². The molecule has 0 radical (unpaired) electrons. The van der Waals surface area contributed by atoms with E-state index < -0.39 is 5.97 Å². The maximum Gasteiger partial charge on any atom is 0.341 e. The summed E-state index contributed by atoms with van der Waals surface area (Å²) < 4.78 is 10.4. The van der Waals surface area contributed by atoms with Gasteiger partial charge in [0.05, 0.1) is 7.11 Å². The number of hydrogen-bond donors (Lipinski definition) is 1. The predicted octanol–water partition coefficient (Wildman–Crippen LogP) is 3.28. The van der Waals surface area contributed by atoms with Crippen LogP contribution in [0.1, 0.15) is 15.9 Å². The molecule has 0 aromatic heterocycles. The highest BCUT2D eigenvalue weighted by atomic mass is 16.5. The van der Waals surface area contributed by atoms with E-state index in [0.717, 1.165) is 5.56 Å². The van der Waals surface area contributed by atoms with Crippen molar-refractivity contribution in [1.29, 1.82) is 0 Å². The number of phenols is 1. The van der Waals surface area contributed by atoms with E-state index in [1.165, 1.54) is 19.2 Å². The molecule has 0 heterocycles. The van der Waals surface area contributed by atoms with Gasteiger partial charge in [-0.3, -0.25) is 0 Å². The number of aryl methyl sites for hydroxylation is 1. The minimum absolute atomic E-state index is 0.157. The summed E-state index contributed by atoms with van der Waals surface area (Å²) in [6.07, 6.45) is 0. The lowest BCUT2D eigenvalue weighted by Crippen LogP contribution is -2.03. The van der Waals surface area contributed by atoms with E-state index >= 15 is 0 Å². The van der Waals surface area contributed by atoms with Gasteiger partial charge in [0.25, 0.3) is 0 Å². The molecule has 2 aromatic rings. The third-order valence-electron chi connectivity index (χ3n) is 2.61. The van der Waals surface area contributed by atoms with E-state index in [0.29, 0.717) is 17.1 Å². The van der Waals surface area contributed by atoms with Crippen LogP contribution >= 0.6 is 0 Å². The van der Waals surface area contributed by atoms with E-state index in [9.17, 15) is 9.90 Å². The molecule has 0 spiro atoms. The largest absolute Gasteiger partial charge is 0.508 e. The second-order valence-electron chi connectivity index (χ2n) is 4.09. The molecule has 0 unspecified atom stereocenters. The van der Waals surface area contributed by atoms with E-state index in [1.54, 1.807) is 24.3 Å². The van der Waals surface area contributed by atoms with Gasteiger partial charge in [-0.1, -0.05) is 6.07 Å². The SMILES string of the molecule is COC(=O)c1ccc(C)cc1Oc1ccc(O)cc1. The van der Waals surface area contributed by atoms with Gasteiger partial charge in [0.15, 0.2) is 0 Å². The summed E-state index contributed by atoms with van der Waals surface area (Å²) >= 11 is 0. The Kier molecular flexibility index (Phi) is 3.71. The molecular weight excluding hydrogens is 244 g/mol. The normalized spacial score (nSPS) is 10.0. The van der Waals surface area contributed by atoms with Crippen LogP contribution in [0.15, 0.2) is 42.5 Å². The van der Waals surface area contributed by atoms with Crippen LogP contribution in [0.5, 0.6) is 17.2 Å². The highest BCUT2D eigenvalue weighted by Gasteiger charge is 2.13. The first-order valence-corrected chi connectivity index (χ1v) is 5.76. The fourth-order valence-electron chi connectivity index (χ4n) is 1.63. The molecule has 0 bridgehead atoms. The van der Waals surface area contributed by atoms with Crippen molar-refractivity contribution >= 4 is 5.97 Å². The molecular formula is C15H14O4. The fourth-order valence-corrected chi connectivity index (χ4v) is 1.63. The molecule has 2 rings (SSSR count). The Morgan fingerprint density at radius 3 is 2.42 bits per heavy atom. The van der Waals surface area contributed by atoms with Gasteiger partial charge in [0.1, 0.15) is 22.8 Å². The highest BCUT2D eigenvalue weighted by molar-refractivity contribution is 5.92. The van der Waals surface area contributed by atoms with Crippen molar-refractivity contribution in [3.05, 3.63) is 53.6 Å². The second kappa shape index (κ2) is 5.44. The molecule has 19 heavy (non-hydrogen) atoms. The van der Waals surface area contributed by atoms with Crippen molar-refractivity contribution < 1.29 is 19.4 Å². The fraction of sp³-hybridized carbons (Fsp3) is 0.133. The Morgan fingerprint density at radius 1 is 1.11 bits per heavy atom. The Balaban J connectivity index is 2.35. The van der Waals surface area contributed by atoms with Crippen LogP contribution in [0.2, 0.25) is 0 Å². The van der Waals surface area contributed by atoms with Gasteiger partial charge in [-0.15, -0.1) is 0 Å². The van der Waals surface area contributed by atoms with Crippen LogP contribution in [-0.4, -0.2) is 18.2 Å². The smallest absolute Gasteiger partial charge is 0.341 e. The number of carbonyl (C=O) groups excluding carboxylic acids is 1. The molecule has 0 fully saturated rings. The Morgan fingerprint density at radius 2 is 1.79 bits per heavy atom. The van der Waals surface area contributed by atoms with Gasteiger partial charge in [-0.05, 0) is 48.9 Å². The molecule has 4 nitrogen and oxygen atoms in total. The van der Waals surface area contributed by atoms with Gasteiger partial charge >= 0.3 is 5.97 Å². The third kappa shape index (κ3) is 3.04. The summed E-state index contributed by atoms with van der Waals surface area (Å²) in [4.78, 5) is 11.6. The zero-order valence-electron chi connectivity index (χ0n) is 10.7. The number of rotatable bonds is 3. The number of hydrogen-bond acceptors (Lipinski definition) is 4. The summed E-state index contributed by atoms with van der Waals surface area (Å²) in [5.74, 6) is 0.671. The van der Waals surface area contributed by atoms with Crippen LogP contribution in [0.3, 0.4) is 0 Å². The van der Waals surface area contributed by atoms with Crippen molar-refractivity contribution in [2.24, 2.45) is 0 Å². The average molecular weight is 258 g/mol. The monoisotopic (exact) mass is 258 g/mol. The van der Waals surface area contributed by atoms with Crippen LogP contribution < -0.4 is 4.74 Å². The standard InChI is InChI=1S/C15H14O4/c1-10-3-8-13(15(17)18-2)14(9-10)19-12-6-4-11(16)5-7-12/h3-9,16H,1-2H3. The maximum absolute atomic E-state index is 11.6.